The molecule has 0 aliphatic carbocycles. The highest BCUT2D eigenvalue weighted by Crippen LogP contribution is 2.14. The van der Waals surface area contributed by atoms with Crippen molar-refractivity contribution in [1.82, 2.24) is 5.32 Å². The molecule has 3 heteroatoms. The molecular formula is C7H12FNO. The minimum atomic E-state index is 0.243. The Bertz CT molecular complexity index is 123. The first-order valence-corrected chi connectivity index (χ1v) is 3.50. The molecule has 1 fully saturated rings. The van der Waals surface area contributed by atoms with Crippen LogP contribution < -0.4 is 5.32 Å². The summed E-state index contributed by atoms with van der Waals surface area (Å²) in [6.07, 6.45) is 1.62. The number of allylic oxidation sites excluding steroid dienone is 1. The zero-order valence-electron chi connectivity index (χ0n) is 5.90. The molecule has 0 aromatic rings. The molecule has 1 saturated heterocycles. The van der Waals surface area contributed by atoms with Gasteiger partial charge >= 0.3 is 0 Å². The molecule has 0 radical (unpaired) electrons. The Kier molecular flexibility index (Phi) is 2.68. The summed E-state index contributed by atoms with van der Waals surface area (Å²) in [5.41, 5.74) is 0. The molecule has 0 atom stereocenters. The van der Waals surface area contributed by atoms with Gasteiger partial charge in [0.2, 0.25) is 0 Å². The van der Waals surface area contributed by atoms with Crippen molar-refractivity contribution in [2.24, 2.45) is 5.92 Å². The summed E-state index contributed by atoms with van der Waals surface area (Å²) < 4.78 is 11.3. The second-order valence-corrected chi connectivity index (χ2v) is 2.68. The van der Waals surface area contributed by atoms with Gasteiger partial charge in [-0.25, -0.2) is 0 Å². The molecule has 1 heterocycles. The Morgan fingerprint density at radius 2 is 2.40 bits per heavy atom. The summed E-state index contributed by atoms with van der Waals surface area (Å²) >= 11 is 0. The molecular weight excluding hydrogens is 133 g/mol. The molecule has 1 rings (SSSR count). The lowest BCUT2D eigenvalue weighted by atomic mass is 9.97. The molecule has 0 spiro atoms. The average Bonchev–Trinajstić information content (AvgIpc) is 1.84. The molecule has 0 aromatic heterocycles. The minimum absolute atomic E-state index is 0.243. The van der Waals surface area contributed by atoms with E-state index in [9.17, 15) is 4.53 Å². The van der Waals surface area contributed by atoms with Crippen molar-refractivity contribution in [1.29, 1.82) is 0 Å². The molecule has 58 valence electrons. The maximum Gasteiger partial charge on any atom is 0.141 e. The minimum Gasteiger partial charge on any atom is -0.316 e. The average molecular weight is 145 g/mol. The number of rotatable bonds is 4. The van der Waals surface area contributed by atoms with E-state index in [1.165, 1.54) is 0 Å². The number of nitrogens with one attached hydrogen (secondary N) is 1. The van der Waals surface area contributed by atoms with Crippen LogP contribution in [0.25, 0.3) is 0 Å². The third kappa shape index (κ3) is 1.99. The van der Waals surface area contributed by atoms with E-state index in [2.05, 4.69) is 16.8 Å². The highest BCUT2D eigenvalue weighted by Gasteiger charge is 2.16. The molecule has 10 heavy (non-hydrogen) atoms. The van der Waals surface area contributed by atoms with Crippen molar-refractivity contribution in [3.63, 3.8) is 0 Å². The van der Waals surface area contributed by atoms with Crippen LogP contribution in [0.1, 0.15) is 12.8 Å². The van der Waals surface area contributed by atoms with Gasteiger partial charge < -0.3 is 5.32 Å². The van der Waals surface area contributed by atoms with Crippen LogP contribution in [0, 0.1) is 5.92 Å². The van der Waals surface area contributed by atoms with E-state index in [0.29, 0.717) is 12.3 Å². The quantitative estimate of drug-likeness (QED) is 0.604. The highest BCUT2D eigenvalue weighted by molar-refractivity contribution is 4.84. The topological polar surface area (TPSA) is 21.3 Å². The van der Waals surface area contributed by atoms with Gasteiger partial charge in [-0.05, 0) is 25.4 Å². The second kappa shape index (κ2) is 3.56. The lowest BCUT2D eigenvalue weighted by molar-refractivity contribution is -0.0870. The van der Waals surface area contributed by atoms with E-state index >= 15 is 0 Å². The largest absolute Gasteiger partial charge is 0.316 e. The molecule has 2 nitrogen and oxygen atoms in total. The van der Waals surface area contributed by atoms with Gasteiger partial charge in [-0.15, -0.1) is 0 Å². The molecule has 1 N–H and O–H groups in total. The third-order valence-electron chi connectivity index (χ3n) is 1.81. The fraction of sp³-hybridized carbons (Fsp3) is 0.714. The van der Waals surface area contributed by atoms with E-state index in [4.69, 9.17) is 0 Å². The number of hydrogen-bond acceptors (Lipinski definition) is 2. The SMILES string of the molecule is C=C(CCC1CNC1)OF. The fourth-order valence-corrected chi connectivity index (χ4v) is 0.956. The van der Waals surface area contributed by atoms with E-state index < -0.39 is 0 Å². The van der Waals surface area contributed by atoms with Crippen molar-refractivity contribution >= 4 is 0 Å². The van der Waals surface area contributed by atoms with Crippen molar-refractivity contribution in [2.75, 3.05) is 13.1 Å². The van der Waals surface area contributed by atoms with E-state index in [-0.39, 0.29) is 5.76 Å². The van der Waals surface area contributed by atoms with Crippen LogP contribution in [0.4, 0.5) is 4.53 Å². The summed E-state index contributed by atoms with van der Waals surface area (Å²) in [6.45, 7) is 5.50. The van der Waals surface area contributed by atoms with Gasteiger partial charge in [0.05, 0.1) is 0 Å². The summed E-state index contributed by atoms with van der Waals surface area (Å²) in [7, 11) is 0. The lowest BCUT2D eigenvalue weighted by Gasteiger charge is -2.26. The van der Waals surface area contributed by atoms with Crippen LogP contribution >= 0.6 is 0 Å². The number of halogens is 1. The van der Waals surface area contributed by atoms with Crippen molar-refractivity contribution < 1.29 is 9.47 Å². The molecule has 0 amide bonds. The zero-order chi connectivity index (χ0) is 7.40. The smallest absolute Gasteiger partial charge is 0.141 e. The Balaban J connectivity index is 1.98. The van der Waals surface area contributed by atoms with Gasteiger partial charge in [0.25, 0.3) is 0 Å². The van der Waals surface area contributed by atoms with E-state index in [1.807, 2.05) is 0 Å². The van der Waals surface area contributed by atoms with Crippen molar-refractivity contribution in [2.45, 2.75) is 12.8 Å². The standard InChI is InChI=1S/C7H12FNO/c1-6(10-8)2-3-7-4-9-5-7/h7,9H,1-5H2. The Labute approximate surface area is 60.0 Å². The molecule has 0 saturated carbocycles. The molecule has 1 aliphatic heterocycles. The van der Waals surface area contributed by atoms with Gasteiger partial charge in [-0.1, -0.05) is 6.58 Å². The van der Waals surface area contributed by atoms with Crippen LogP contribution in [-0.4, -0.2) is 13.1 Å². The van der Waals surface area contributed by atoms with Crippen LogP contribution in [0.3, 0.4) is 0 Å². The van der Waals surface area contributed by atoms with Crippen molar-refractivity contribution in [3.05, 3.63) is 12.3 Å². The molecule has 0 aromatic carbocycles. The summed E-state index contributed by atoms with van der Waals surface area (Å²) in [4.78, 5) is 3.45. The predicted molar refractivity (Wildman–Crippen MR) is 36.9 cm³/mol. The van der Waals surface area contributed by atoms with Crippen LogP contribution in [0.2, 0.25) is 0 Å². The maximum atomic E-state index is 11.3. The molecule has 1 aliphatic rings. The number of hydrogen-bond donors (Lipinski definition) is 1. The highest BCUT2D eigenvalue weighted by atomic mass is 19.3. The van der Waals surface area contributed by atoms with Crippen LogP contribution in [-0.2, 0) is 4.94 Å². The van der Waals surface area contributed by atoms with Crippen molar-refractivity contribution in [3.8, 4) is 0 Å². The van der Waals surface area contributed by atoms with E-state index in [1.54, 1.807) is 0 Å². The van der Waals surface area contributed by atoms with E-state index in [0.717, 1.165) is 19.5 Å². The first kappa shape index (κ1) is 7.54. The zero-order valence-corrected chi connectivity index (χ0v) is 5.90. The Hall–Kier alpha value is -0.570. The van der Waals surface area contributed by atoms with Crippen LogP contribution in [0.15, 0.2) is 12.3 Å². The third-order valence-corrected chi connectivity index (χ3v) is 1.81. The lowest BCUT2D eigenvalue weighted by Crippen LogP contribution is -2.41. The monoisotopic (exact) mass is 145 g/mol. The summed E-state index contributed by atoms with van der Waals surface area (Å²) in [6, 6.07) is 0. The second-order valence-electron chi connectivity index (χ2n) is 2.68. The van der Waals surface area contributed by atoms with Gasteiger partial charge in [-0.3, -0.25) is 4.94 Å². The Morgan fingerprint density at radius 1 is 1.70 bits per heavy atom. The van der Waals surface area contributed by atoms with Crippen LogP contribution in [0.5, 0.6) is 0 Å². The fourth-order valence-electron chi connectivity index (χ4n) is 0.956. The first-order chi connectivity index (χ1) is 4.83. The van der Waals surface area contributed by atoms with Gasteiger partial charge in [0.1, 0.15) is 5.76 Å². The summed E-state index contributed by atoms with van der Waals surface area (Å²) in [5, 5.41) is 3.14. The van der Waals surface area contributed by atoms with Gasteiger partial charge in [-0.2, -0.15) is 0 Å². The van der Waals surface area contributed by atoms with Gasteiger partial charge in [0, 0.05) is 10.9 Å². The first-order valence-electron chi connectivity index (χ1n) is 3.50. The maximum absolute atomic E-state index is 11.3. The normalized spacial score (nSPS) is 18.1. The summed E-state index contributed by atoms with van der Waals surface area (Å²) in [5.74, 6) is 0.943. The predicted octanol–water partition coefficient (Wildman–Crippen LogP) is 1.40. The van der Waals surface area contributed by atoms with Gasteiger partial charge in [0.15, 0.2) is 0 Å². The molecule has 0 unspecified atom stereocenters. The Morgan fingerprint density at radius 3 is 2.80 bits per heavy atom. The molecule has 0 bridgehead atoms.